The number of nitrogens with one attached hydrogen (secondary N) is 1. The van der Waals surface area contributed by atoms with Crippen molar-refractivity contribution in [2.75, 3.05) is 13.1 Å². The third-order valence-corrected chi connectivity index (χ3v) is 9.34. The molecule has 0 spiro atoms. The van der Waals surface area contributed by atoms with Gasteiger partial charge in [0.05, 0.1) is 5.56 Å². The Morgan fingerprint density at radius 1 is 0.927 bits per heavy atom. The lowest BCUT2D eigenvalue weighted by atomic mass is 10.0. The van der Waals surface area contributed by atoms with E-state index in [1.165, 1.54) is 23.1 Å². The Balaban J connectivity index is 1.67. The van der Waals surface area contributed by atoms with Gasteiger partial charge in [0.25, 0.3) is 15.9 Å². The fraction of sp³-hybridized carbons (Fsp3) is 0.300. The molecular weight excluding hydrogens is 585 g/mol. The lowest BCUT2D eigenvalue weighted by Crippen LogP contribution is -2.51. The highest BCUT2D eigenvalue weighted by atomic mass is 35.5. The summed E-state index contributed by atoms with van der Waals surface area (Å²) in [6, 6.07) is 19.2. The van der Waals surface area contributed by atoms with Crippen molar-refractivity contribution in [1.29, 1.82) is 0 Å². The number of nitrogens with zero attached hydrogens (tertiary/aromatic N) is 2. The average Bonchev–Trinajstić information content (AvgIpc) is 3.14. The van der Waals surface area contributed by atoms with Crippen LogP contribution in [0.15, 0.2) is 77.7 Å². The number of hydrogen-bond acceptors (Lipinski definition) is 5. The molecular formula is C30H31Cl2N3O5S. The zero-order valence-corrected chi connectivity index (χ0v) is 25.0. The monoisotopic (exact) mass is 615 g/mol. The second-order valence-corrected chi connectivity index (χ2v) is 12.8. The van der Waals surface area contributed by atoms with Gasteiger partial charge in [-0.25, -0.2) is 12.7 Å². The SMILES string of the molecule is CC(C)CNC(=O)C(Cc1ccccc1)N(Cc1c(Cl)cccc1Cl)C(=O)CCN1C(=O)c2ccccc2S1(=O)=O. The summed E-state index contributed by atoms with van der Waals surface area (Å²) in [6.45, 7) is 3.85. The van der Waals surface area contributed by atoms with E-state index < -0.39 is 27.9 Å². The van der Waals surface area contributed by atoms with E-state index in [-0.39, 0.29) is 48.2 Å². The zero-order valence-electron chi connectivity index (χ0n) is 22.7. The van der Waals surface area contributed by atoms with Crippen molar-refractivity contribution in [1.82, 2.24) is 14.5 Å². The molecule has 4 rings (SSSR count). The van der Waals surface area contributed by atoms with Gasteiger partial charge in [-0.05, 0) is 35.7 Å². The zero-order chi connectivity index (χ0) is 29.7. The standard InChI is InChI=1S/C30H31Cl2N3O5S/c1-20(2)18-33-29(37)26(17-21-9-4-3-5-10-21)34(19-23-24(31)12-8-13-25(23)32)28(36)15-16-35-30(38)22-11-6-7-14-27(22)41(35,39)40/h3-14,20,26H,15-19H2,1-2H3,(H,33,37). The van der Waals surface area contributed by atoms with Gasteiger partial charge in [-0.15, -0.1) is 0 Å². The molecule has 1 heterocycles. The highest BCUT2D eigenvalue weighted by Crippen LogP contribution is 2.31. The molecule has 1 atom stereocenters. The number of sulfonamides is 1. The molecule has 0 aliphatic carbocycles. The number of fused-ring (bicyclic) bond motifs is 1. The van der Waals surface area contributed by atoms with E-state index in [9.17, 15) is 22.8 Å². The molecule has 0 aromatic heterocycles. The smallest absolute Gasteiger partial charge is 0.269 e. The number of amides is 3. The van der Waals surface area contributed by atoms with Crippen molar-refractivity contribution in [3.05, 3.63) is 99.5 Å². The Morgan fingerprint density at radius 2 is 1.56 bits per heavy atom. The first-order chi connectivity index (χ1) is 19.5. The van der Waals surface area contributed by atoms with E-state index >= 15 is 0 Å². The maximum absolute atomic E-state index is 13.9. The number of halogens is 2. The van der Waals surface area contributed by atoms with Gasteiger partial charge < -0.3 is 10.2 Å². The predicted octanol–water partition coefficient (Wildman–Crippen LogP) is 4.94. The van der Waals surface area contributed by atoms with Crippen molar-refractivity contribution < 1.29 is 22.8 Å². The van der Waals surface area contributed by atoms with Crippen molar-refractivity contribution >= 4 is 50.9 Å². The maximum Gasteiger partial charge on any atom is 0.269 e. The van der Waals surface area contributed by atoms with Crippen LogP contribution in [0.2, 0.25) is 10.0 Å². The molecule has 0 saturated carbocycles. The third-order valence-electron chi connectivity index (χ3n) is 6.79. The number of carbonyl (C=O) groups is 3. The predicted molar refractivity (Wildman–Crippen MR) is 158 cm³/mol. The minimum Gasteiger partial charge on any atom is -0.354 e. The summed E-state index contributed by atoms with van der Waals surface area (Å²) >= 11 is 12.9. The van der Waals surface area contributed by atoms with E-state index in [0.29, 0.717) is 26.5 Å². The second kappa shape index (κ2) is 13.1. The van der Waals surface area contributed by atoms with Crippen molar-refractivity contribution in [3.8, 4) is 0 Å². The highest BCUT2D eigenvalue weighted by Gasteiger charge is 2.41. The Morgan fingerprint density at radius 3 is 2.20 bits per heavy atom. The summed E-state index contributed by atoms with van der Waals surface area (Å²) in [4.78, 5) is 41.7. The van der Waals surface area contributed by atoms with Crippen LogP contribution in [0, 0.1) is 5.92 Å². The molecule has 3 aromatic rings. The summed E-state index contributed by atoms with van der Waals surface area (Å²) in [7, 11) is -4.10. The number of benzene rings is 3. The molecule has 0 fully saturated rings. The van der Waals surface area contributed by atoms with Gasteiger partial charge in [-0.3, -0.25) is 14.4 Å². The van der Waals surface area contributed by atoms with Crippen LogP contribution in [0.5, 0.6) is 0 Å². The minimum atomic E-state index is -4.10. The first kappa shape index (κ1) is 30.6. The van der Waals surface area contributed by atoms with E-state index in [4.69, 9.17) is 23.2 Å². The summed E-state index contributed by atoms with van der Waals surface area (Å²) in [5, 5.41) is 3.57. The van der Waals surface area contributed by atoms with Gasteiger partial charge in [0.2, 0.25) is 11.8 Å². The van der Waals surface area contributed by atoms with E-state index in [1.807, 2.05) is 44.2 Å². The van der Waals surface area contributed by atoms with Gasteiger partial charge in [0, 0.05) is 48.1 Å². The summed E-state index contributed by atoms with van der Waals surface area (Å²) in [5.74, 6) is -1.41. The molecule has 11 heteroatoms. The van der Waals surface area contributed by atoms with Gasteiger partial charge in [0.15, 0.2) is 0 Å². The third kappa shape index (κ3) is 6.92. The maximum atomic E-state index is 13.9. The molecule has 1 aliphatic rings. The van der Waals surface area contributed by atoms with E-state index in [1.54, 1.807) is 24.3 Å². The van der Waals surface area contributed by atoms with Gasteiger partial charge >= 0.3 is 0 Å². The van der Waals surface area contributed by atoms with E-state index in [0.717, 1.165) is 5.56 Å². The van der Waals surface area contributed by atoms with Crippen LogP contribution in [0.3, 0.4) is 0 Å². The molecule has 3 aromatic carbocycles. The Labute approximate surface area is 250 Å². The lowest BCUT2D eigenvalue weighted by molar-refractivity contribution is -0.141. The highest BCUT2D eigenvalue weighted by molar-refractivity contribution is 7.90. The molecule has 8 nitrogen and oxygen atoms in total. The summed E-state index contributed by atoms with van der Waals surface area (Å²) in [6.07, 6.45) is -0.144. The van der Waals surface area contributed by atoms with Gasteiger partial charge in [-0.1, -0.05) is 85.6 Å². The van der Waals surface area contributed by atoms with Crippen LogP contribution in [0.25, 0.3) is 0 Å². The lowest BCUT2D eigenvalue weighted by Gasteiger charge is -2.32. The van der Waals surface area contributed by atoms with Crippen LogP contribution in [0.4, 0.5) is 0 Å². The molecule has 3 amide bonds. The van der Waals surface area contributed by atoms with Gasteiger partial charge in [-0.2, -0.15) is 0 Å². The fourth-order valence-corrected chi connectivity index (χ4v) is 6.71. The Bertz CT molecular complexity index is 1530. The second-order valence-electron chi connectivity index (χ2n) is 10.2. The van der Waals surface area contributed by atoms with Crippen LogP contribution in [-0.4, -0.2) is 54.5 Å². The van der Waals surface area contributed by atoms with Crippen molar-refractivity contribution in [2.45, 2.75) is 44.2 Å². The molecule has 41 heavy (non-hydrogen) atoms. The van der Waals surface area contributed by atoms with Crippen LogP contribution >= 0.6 is 23.2 Å². The topological polar surface area (TPSA) is 104 Å². The van der Waals surface area contributed by atoms with Crippen LogP contribution < -0.4 is 5.32 Å². The summed E-state index contributed by atoms with van der Waals surface area (Å²) in [5.41, 5.74) is 1.35. The average molecular weight is 617 g/mol. The van der Waals surface area contributed by atoms with Crippen molar-refractivity contribution in [3.63, 3.8) is 0 Å². The largest absolute Gasteiger partial charge is 0.354 e. The van der Waals surface area contributed by atoms with Crippen LogP contribution in [0.1, 0.15) is 41.8 Å². The number of carbonyl (C=O) groups excluding carboxylic acids is 3. The fourth-order valence-electron chi connectivity index (χ4n) is 4.62. The van der Waals surface area contributed by atoms with Crippen LogP contribution in [-0.2, 0) is 32.6 Å². The quantitative estimate of drug-likeness (QED) is 0.329. The van der Waals surface area contributed by atoms with E-state index in [2.05, 4.69) is 5.32 Å². The number of rotatable bonds is 11. The molecule has 0 saturated heterocycles. The van der Waals surface area contributed by atoms with Crippen molar-refractivity contribution in [2.24, 2.45) is 5.92 Å². The first-order valence-electron chi connectivity index (χ1n) is 13.2. The van der Waals surface area contributed by atoms with Gasteiger partial charge in [0.1, 0.15) is 10.9 Å². The molecule has 1 N–H and O–H groups in total. The Hall–Kier alpha value is -3.40. The molecule has 0 radical (unpaired) electrons. The molecule has 1 aliphatic heterocycles. The summed E-state index contributed by atoms with van der Waals surface area (Å²) < 4.78 is 26.9. The first-order valence-corrected chi connectivity index (χ1v) is 15.4. The molecule has 1 unspecified atom stereocenters. The normalized spacial score (nSPS) is 14.6. The molecule has 0 bridgehead atoms. The number of hydrogen-bond donors (Lipinski definition) is 1. The Kier molecular flexibility index (Phi) is 9.73. The minimum absolute atomic E-state index is 0.0645. The molecule has 216 valence electrons.